The molecule has 0 heterocycles. The third kappa shape index (κ3) is 3.09. The molecule has 0 aliphatic heterocycles. The molecule has 0 radical (unpaired) electrons. The molecule has 0 amide bonds. The Balaban J connectivity index is 2.05. The van der Waals surface area contributed by atoms with E-state index >= 15 is 0 Å². The smallest absolute Gasteiger partial charge is 0.123 e. The quantitative estimate of drug-likeness (QED) is 0.864. The highest BCUT2D eigenvalue weighted by Gasteiger charge is 2.27. The number of hydrogen-bond donors (Lipinski definition) is 2. The van der Waals surface area contributed by atoms with Gasteiger partial charge in [-0.05, 0) is 67.7 Å². The zero-order valence-corrected chi connectivity index (χ0v) is 10.7. The van der Waals surface area contributed by atoms with E-state index in [-0.39, 0.29) is 11.7 Å². The lowest BCUT2D eigenvalue weighted by Gasteiger charge is -2.33. The molecule has 1 fully saturated rings. The van der Waals surface area contributed by atoms with Gasteiger partial charge in [0.25, 0.3) is 0 Å². The predicted octanol–water partition coefficient (Wildman–Crippen LogP) is 2.67. The second-order valence-corrected chi connectivity index (χ2v) is 5.36. The Hall–Kier alpha value is -0.930. The second kappa shape index (κ2) is 6.30. The molecule has 100 valence electrons. The molecule has 2 rings (SSSR count). The minimum absolute atomic E-state index is 0.185. The maximum absolute atomic E-state index is 13.3. The average Bonchev–Trinajstić information content (AvgIpc) is 2.40. The highest BCUT2D eigenvalue weighted by molar-refractivity contribution is 5.22. The zero-order chi connectivity index (χ0) is 13.0. The number of hydrogen-bond acceptors (Lipinski definition) is 2. The Labute approximate surface area is 108 Å². The van der Waals surface area contributed by atoms with Gasteiger partial charge in [0.1, 0.15) is 5.82 Å². The van der Waals surface area contributed by atoms with Crippen LogP contribution >= 0.6 is 0 Å². The summed E-state index contributed by atoms with van der Waals surface area (Å²) >= 11 is 0. The van der Waals surface area contributed by atoms with Crippen LogP contribution in [0.5, 0.6) is 0 Å². The summed E-state index contributed by atoms with van der Waals surface area (Å²) in [6.07, 6.45) is 4.30. The van der Waals surface area contributed by atoms with Crippen LogP contribution in [0.4, 0.5) is 4.39 Å². The molecule has 0 aromatic heterocycles. The van der Waals surface area contributed by atoms with Crippen molar-refractivity contribution < 1.29 is 9.50 Å². The Bertz CT molecular complexity index is 375. The van der Waals surface area contributed by atoms with E-state index in [2.05, 4.69) is 0 Å². The van der Waals surface area contributed by atoms with Gasteiger partial charge in [0, 0.05) is 6.61 Å². The molecule has 1 aromatic rings. The first kappa shape index (κ1) is 13.5. The number of nitrogens with two attached hydrogens (primary N) is 1. The van der Waals surface area contributed by atoms with Gasteiger partial charge in [-0.1, -0.05) is 12.1 Å². The van der Waals surface area contributed by atoms with E-state index in [0.717, 1.165) is 31.2 Å². The first-order valence-electron chi connectivity index (χ1n) is 6.81. The summed E-state index contributed by atoms with van der Waals surface area (Å²) in [5.74, 6) is 1.04. The molecule has 2 nitrogen and oxygen atoms in total. The van der Waals surface area contributed by atoms with Gasteiger partial charge in [0.05, 0.1) is 0 Å². The molecule has 0 spiro atoms. The largest absolute Gasteiger partial charge is 0.396 e. The number of aliphatic hydroxyl groups excluding tert-OH is 1. The average molecular weight is 251 g/mol. The molecule has 3 N–H and O–H groups in total. The minimum atomic E-state index is -0.185. The van der Waals surface area contributed by atoms with Gasteiger partial charge in [-0.25, -0.2) is 4.39 Å². The Morgan fingerprint density at radius 3 is 2.56 bits per heavy atom. The first-order valence-corrected chi connectivity index (χ1v) is 6.81. The lowest BCUT2D eigenvalue weighted by molar-refractivity contribution is 0.158. The van der Waals surface area contributed by atoms with Gasteiger partial charge < -0.3 is 10.8 Å². The van der Waals surface area contributed by atoms with Crippen molar-refractivity contribution in [2.24, 2.45) is 17.6 Å². The van der Waals surface area contributed by atoms with E-state index in [1.165, 1.54) is 6.07 Å². The third-order valence-corrected chi connectivity index (χ3v) is 4.25. The van der Waals surface area contributed by atoms with Crippen LogP contribution < -0.4 is 5.73 Å². The van der Waals surface area contributed by atoms with E-state index in [1.807, 2.05) is 6.07 Å². The van der Waals surface area contributed by atoms with Gasteiger partial charge in [0.15, 0.2) is 0 Å². The van der Waals surface area contributed by atoms with Crippen LogP contribution in [0, 0.1) is 17.7 Å². The first-order chi connectivity index (χ1) is 8.74. The van der Waals surface area contributed by atoms with E-state index in [4.69, 9.17) is 10.8 Å². The van der Waals surface area contributed by atoms with Gasteiger partial charge in [0.2, 0.25) is 0 Å². The van der Waals surface area contributed by atoms with Crippen molar-refractivity contribution in [3.05, 3.63) is 35.6 Å². The van der Waals surface area contributed by atoms with Crippen LogP contribution in [0.2, 0.25) is 0 Å². The molecule has 1 aliphatic carbocycles. The Kier molecular flexibility index (Phi) is 4.72. The minimum Gasteiger partial charge on any atom is -0.396 e. The molecule has 0 saturated heterocycles. The number of halogens is 1. The van der Waals surface area contributed by atoms with Gasteiger partial charge in [-0.3, -0.25) is 0 Å². The van der Waals surface area contributed by atoms with Crippen molar-refractivity contribution in [3.8, 4) is 0 Å². The Morgan fingerprint density at radius 1 is 1.28 bits per heavy atom. The van der Waals surface area contributed by atoms with E-state index < -0.39 is 0 Å². The number of benzene rings is 1. The summed E-state index contributed by atoms with van der Waals surface area (Å²) in [5, 5.41) is 9.15. The summed E-state index contributed by atoms with van der Waals surface area (Å²) in [6.45, 7) is 0.859. The van der Waals surface area contributed by atoms with Gasteiger partial charge >= 0.3 is 0 Å². The Morgan fingerprint density at radius 2 is 2.00 bits per heavy atom. The predicted molar refractivity (Wildman–Crippen MR) is 70.7 cm³/mol. The van der Waals surface area contributed by atoms with Crippen molar-refractivity contribution in [1.29, 1.82) is 0 Å². The number of rotatable bonds is 4. The molecule has 1 saturated carbocycles. The van der Waals surface area contributed by atoms with Crippen LogP contribution in [0.3, 0.4) is 0 Å². The van der Waals surface area contributed by atoms with Crippen LogP contribution in [0.1, 0.15) is 37.2 Å². The van der Waals surface area contributed by atoms with E-state index in [0.29, 0.717) is 25.0 Å². The molecule has 0 bridgehead atoms. The maximum atomic E-state index is 13.3. The van der Waals surface area contributed by atoms with Crippen LogP contribution in [-0.4, -0.2) is 18.3 Å². The maximum Gasteiger partial charge on any atom is 0.123 e. The van der Waals surface area contributed by atoms with Crippen LogP contribution in [-0.2, 0) is 0 Å². The SMILES string of the molecule is NCC(c1cccc(F)c1)C1CCC(CO)CC1. The fraction of sp³-hybridized carbons (Fsp3) is 0.600. The fourth-order valence-corrected chi connectivity index (χ4v) is 3.11. The summed E-state index contributed by atoms with van der Waals surface area (Å²) in [6, 6.07) is 6.81. The molecular weight excluding hydrogens is 229 g/mol. The van der Waals surface area contributed by atoms with Crippen molar-refractivity contribution in [2.75, 3.05) is 13.2 Å². The lowest BCUT2D eigenvalue weighted by atomic mass is 9.74. The topological polar surface area (TPSA) is 46.2 Å². The van der Waals surface area contributed by atoms with Crippen molar-refractivity contribution in [3.63, 3.8) is 0 Å². The molecule has 1 aromatic carbocycles. The van der Waals surface area contributed by atoms with Crippen LogP contribution in [0.15, 0.2) is 24.3 Å². The van der Waals surface area contributed by atoms with Crippen molar-refractivity contribution in [2.45, 2.75) is 31.6 Å². The molecular formula is C15H22FNO. The molecule has 1 atom stereocenters. The standard InChI is InChI=1S/C15H22FNO/c16-14-3-1-2-13(8-14)15(9-17)12-6-4-11(10-18)5-7-12/h1-3,8,11-12,15,18H,4-7,9-10,17H2. The summed E-state index contributed by atoms with van der Waals surface area (Å²) in [4.78, 5) is 0. The third-order valence-electron chi connectivity index (χ3n) is 4.25. The highest BCUT2D eigenvalue weighted by Crippen LogP contribution is 2.37. The molecule has 3 heteroatoms. The van der Waals surface area contributed by atoms with Gasteiger partial charge in [-0.2, -0.15) is 0 Å². The summed E-state index contributed by atoms with van der Waals surface area (Å²) in [5.41, 5.74) is 6.90. The van der Waals surface area contributed by atoms with Crippen LogP contribution in [0.25, 0.3) is 0 Å². The monoisotopic (exact) mass is 251 g/mol. The van der Waals surface area contributed by atoms with Crippen molar-refractivity contribution >= 4 is 0 Å². The highest BCUT2D eigenvalue weighted by atomic mass is 19.1. The molecule has 1 aliphatic rings. The normalized spacial score (nSPS) is 25.9. The molecule has 18 heavy (non-hydrogen) atoms. The van der Waals surface area contributed by atoms with Gasteiger partial charge in [-0.15, -0.1) is 0 Å². The number of aliphatic hydroxyl groups is 1. The second-order valence-electron chi connectivity index (χ2n) is 5.36. The molecule has 1 unspecified atom stereocenters. The zero-order valence-electron chi connectivity index (χ0n) is 10.7. The van der Waals surface area contributed by atoms with E-state index in [9.17, 15) is 4.39 Å². The summed E-state index contributed by atoms with van der Waals surface area (Å²) < 4.78 is 13.3. The van der Waals surface area contributed by atoms with Crippen molar-refractivity contribution in [1.82, 2.24) is 0 Å². The fourth-order valence-electron chi connectivity index (χ4n) is 3.11. The lowest BCUT2D eigenvalue weighted by Crippen LogP contribution is -2.26. The van der Waals surface area contributed by atoms with E-state index in [1.54, 1.807) is 12.1 Å². The summed E-state index contributed by atoms with van der Waals surface area (Å²) in [7, 11) is 0.